The fraction of sp³-hybridized carbons (Fsp3) is 0.519. The van der Waals surface area contributed by atoms with Crippen molar-refractivity contribution in [3.63, 3.8) is 0 Å². The van der Waals surface area contributed by atoms with Gasteiger partial charge >= 0.3 is 0 Å². The van der Waals surface area contributed by atoms with E-state index in [4.69, 9.17) is 9.47 Å². The molecule has 1 saturated carbocycles. The average molecular weight is 454 g/mol. The molecule has 1 heterocycles. The highest BCUT2D eigenvalue weighted by Gasteiger charge is 2.51. The van der Waals surface area contributed by atoms with Crippen LogP contribution in [0, 0.1) is 23.2 Å². The van der Waals surface area contributed by atoms with Crippen LogP contribution in [0.2, 0.25) is 0 Å². The Morgan fingerprint density at radius 2 is 1.36 bits per heavy atom. The van der Waals surface area contributed by atoms with Crippen molar-refractivity contribution < 1.29 is 24.5 Å². The van der Waals surface area contributed by atoms with Crippen LogP contribution in [0.4, 0.5) is 0 Å². The number of piperidine rings is 1. The molecule has 2 fully saturated rings. The number of nitrogens with one attached hydrogen (secondary N) is 1. The Hall–Kier alpha value is -2.73. The molecule has 2 bridgehead atoms. The van der Waals surface area contributed by atoms with Gasteiger partial charge in [-0.25, -0.2) is 0 Å². The maximum atomic E-state index is 13.8. The largest absolute Gasteiger partial charge is 0.504 e. The normalized spacial score (nSPS) is 27.3. The van der Waals surface area contributed by atoms with Gasteiger partial charge in [-0.2, -0.15) is 0 Å². The predicted molar refractivity (Wildman–Crippen MR) is 127 cm³/mol. The number of carbonyl (C=O) groups is 1. The van der Waals surface area contributed by atoms with Crippen molar-refractivity contribution in [1.29, 1.82) is 0 Å². The number of ether oxygens (including phenoxy) is 2. The van der Waals surface area contributed by atoms with Gasteiger partial charge < -0.3 is 25.0 Å². The van der Waals surface area contributed by atoms with Gasteiger partial charge in [0.2, 0.25) is 0 Å². The van der Waals surface area contributed by atoms with Crippen LogP contribution in [0.5, 0.6) is 23.0 Å². The number of benzene rings is 2. The van der Waals surface area contributed by atoms with Gasteiger partial charge in [0, 0.05) is 23.9 Å². The molecular weight excluding hydrogens is 418 g/mol. The van der Waals surface area contributed by atoms with Crippen molar-refractivity contribution in [3.05, 3.63) is 47.5 Å². The molecule has 1 aliphatic carbocycles. The van der Waals surface area contributed by atoms with E-state index in [1.807, 2.05) is 24.3 Å². The highest BCUT2D eigenvalue weighted by atomic mass is 16.5. The SMILES string of the molecule is CCC(C)(C)C1CC2C(=O)C(C1)C(c1ccc(O)c(OC)c1)NC2c1ccc(O)c(OC)c1. The number of hydrogen-bond acceptors (Lipinski definition) is 6. The third kappa shape index (κ3) is 4.17. The monoisotopic (exact) mass is 453 g/mol. The topological polar surface area (TPSA) is 88.0 Å². The van der Waals surface area contributed by atoms with Crippen LogP contribution in [0.15, 0.2) is 36.4 Å². The fourth-order valence-electron chi connectivity index (χ4n) is 5.60. The number of aromatic hydroxyl groups is 2. The van der Waals surface area contributed by atoms with E-state index in [0.29, 0.717) is 17.4 Å². The van der Waals surface area contributed by atoms with Crippen LogP contribution in [-0.4, -0.2) is 30.2 Å². The van der Waals surface area contributed by atoms with Crippen LogP contribution in [0.25, 0.3) is 0 Å². The average Bonchev–Trinajstić information content (AvgIpc) is 2.80. The minimum absolute atomic E-state index is 0.0784. The van der Waals surface area contributed by atoms with Crippen molar-refractivity contribution >= 4 is 5.78 Å². The minimum atomic E-state index is -0.205. The first-order chi connectivity index (χ1) is 15.7. The number of Topliss-reactive ketones (excluding diaryl/α,β-unsaturated/α-hetero) is 1. The van der Waals surface area contributed by atoms with E-state index in [1.54, 1.807) is 12.1 Å². The maximum Gasteiger partial charge on any atom is 0.160 e. The molecule has 0 amide bonds. The summed E-state index contributed by atoms with van der Waals surface area (Å²) in [6.07, 6.45) is 2.72. The molecule has 178 valence electrons. The third-order valence-corrected chi connectivity index (χ3v) is 8.11. The number of rotatable bonds is 6. The first-order valence-electron chi connectivity index (χ1n) is 11.7. The molecule has 4 atom stereocenters. The lowest BCUT2D eigenvalue weighted by Gasteiger charge is -2.51. The van der Waals surface area contributed by atoms with Crippen molar-refractivity contribution in [2.24, 2.45) is 23.2 Å². The highest BCUT2D eigenvalue weighted by Crippen LogP contribution is 2.53. The van der Waals surface area contributed by atoms with Gasteiger partial charge in [-0.15, -0.1) is 0 Å². The molecule has 3 N–H and O–H groups in total. The van der Waals surface area contributed by atoms with Gasteiger partial charge in [-0.3, -0.25) is 4.79 Å². The van der Waals surface area contributed by atoms with Crippen LogP contribution in [-0.2, 0) is 4.79 Å². The van der Waals surface area contributed by atoms with Crippen LogP contribution in [0.3, 0.4) is 0 Å². The van der Waals surface area contributed by atoms with Crippen molar-refractivity contribution in [3.8, 4) is 23.0 Å². The summed E-state index contributed by atoms with van der Waals surface area (Å²) in [5.41, 5.74) is 1.97. The van der Waals surface area contributed by atoms with Gasteiger partial charge in [0.1, 0.15) is 5.78 Å². The number of phenolic OH excluding ortho intramolecular Hbond substituents is 2. The quantitative estimate of drug-likeness (QED) is 0.561. The molecular formula is C27H35NO5. The lowest BCUT2D eigenvalue weighted by molar-refractivity contribution is -0.139. The van der Waals surface area contributed by atoms with E-state index in [0.717, 1.165) is 30.4 Å². The first kappa shape index (κ1) is 23.4. The zero-order chi connectivity index (χ0) is 23.9. The zero-order valence-electron chi connectivity index (χ0n) is 20.1. The molecule has 6 nitrogen and oxygen atoms in total. The Labute approximate surface area is 195 Å². The van der Waals surface area contributed by atoms with E-state index in [9.17, 15) is 15.0 Å². The predicted octanol–water partition coefficient (Wildman–Crippen LogP) is 5.15. The zero-order valence-corrected chi connectivity index (χ0v) is 20.1. The number of carbonyl (C=O) groups excluding carboxylic acids is 1. The van der Waals surface area contributed by atoms with Gasteiger partial charge in [0.05, 0.1) is 14.2 Å². The maximum absolute atomic E-state index is 13.8. The Morgan fingerprint density at radius 1 is 0.909 bits per heavy atom. The van der Waals surface area contributed by atoms with Crippen LogP contribution < -0.4 is 14.8 Å². The molecule has 4 unspecified atom stereocenters. The Morgan fingerprint density at radius 3 is 1.76 bits per heavy atom. The molecule has 2 aromatic carbocycles. The molecule has 0 radical (unpaired) electrons. The molecule has 1 aliphatic heterocycles. The van der Waals surface area contributed by atoms with Crippen LogP contribution >= 0.6 is 0 Å². The lowest BCUT2D eigenvalue weighted by atomic mass is 9.58. The second-order valence-electron chi connectivity index (χ2n) is 10.1. The van der Waals surface area contributed by atoms with Crippen LogP contribution in [0.1, 0.15) is 63.2 Å². The number of hydrogen-bond donors (Lipinski definition) is 3. The van der Waals surface area contributed by atoms with Gasteiger partial charge in [-0.05, 0) is 59.6 Å². The van der Waals surface area contributed by atoms with E-state index < -0.39 is 0 Å². The summed E-state index contributed by atoms with van der Waals surface area (Å²) in [6, 6.07) is 10.2. The Bertz CT molecular complexity index is 962. The first-order valence-corrected chi connectivity index (χ1v) is 11.7. The minimum Gasteiger partial charge on any atom is -0.504 e. The van der Waals surface area contributed by atoms with E-state index in [-0.39, 0.29) is 46.6 Å². The molecule has 6 heteroatoms. The summed E-state index contributed by atoms with van der Waals surface area (Å²) in [5, 5.41) is 24.0. The number of fused-ring (bicyclic) bond motifs is 2. The molecule has 4 rings (SSSR count). The van der Waals surface area contributed by atoms with E-state index >= 15 is 0 Å². The third-order valence-electron chi connectivity index (χ3n) is 8.11. The summed E-state index contributed by atoms with van der Waals surface area (Å²) < 4.78 is 10.7. The smallest absolute Gasteiger partial charge is 0.160 e. The summed E-state index contributed by atoms with van der Waals surface area (Å²) in [5.74, 6) is 1.35. The second-order valence-corrected chi connectivity index (χ2v) is 10.1. The van der Waals surface area contributed by atoms with Crippen molar-refractivity contribution in [1.82, 2.24) is 5.32 Å². The molecule has 2 aromatic rings. The summed E-state index contributed by atoms with van der Waals surface area (Å²) in [7, 11) is 3.06. The van der Waals surface area contributed by atoms with E-state index in [1.165, 1.54) is 14.2 Å². The standard InChI is InChI=1S/C27H35NO5/c1-6-27(2,3)17-13-18-24(15-7-9-20(29)22(11-15)32-4)28-25(19(14-17)26(18)31)16-8-10-21(30)23(12-16)33-5/h7-12,17-19,24-25,28-30H,6,13-14H2,1-5H3. The van der Waals surface area contributed by atoms with Crippen molar-refractivity contribution in [2.45, 2.75) is 52.1 Å². The van der Waals surface area contributed by atoms with Gasteiger partial charge in [0.25, 0.3) is 0 Å². The number of methoxy groups -OCH3 is 2. The second kappa shape index (κ2) is 8.90. The number of ketones is 1. The van der Waals surface area contributed by atoms with Gasteiger partial charge in [0.15, 0.2) is 23.0 Å². The molecule has 33 heavy (non-hydrogen) atoms. The summed E-state index contributed by atoms with van der Waals surface area (Å²) in [6.45, 7) is 6.82. The highest BCUT2D eigenvalue weighted by molar-refractivity contribution is 5.87. The summed E-state index contributed by atoms with van der Waals surface area (Å²) >= 11 is 0. The Kier molecular flexibility index (Phi) is 6.32. The van der Waals surface area contributed by atoms with E-state index in [2.05, 4.69) is 26.1 Å². The summed E-state index contributed by atoms with van der Waals surface area (Å²) in [4.78, 5) is 13.8. The van der Waals surface area contributed by atoms with Gasteiger partial charge in [-0.1, -0.05) is 39.3 Å². The molecule has 2 aliphatic rings. The fourth-order valence-corrected chi connectivity index (χ4v) is 5.60. The Balaban J connectivity index is 1.80. The number of phenols is 2. The lowest BCUT2D eigenvalue weighted by Crippen LogP contribution is -2.53. The van der Waals surface area contributed by atoms with Crippen molar-refractivity contribution in [2.75, 3.05) is 14.2 Å². The molecule has 1 saturated heterocycles. The molecule has 0 aromatic heterocycles. The molecule has 0 spiro atoms.